The van der Waals surface area contributed by atoms with Gasteiger partial charge in [0.15, 0.2) is 11.5 Å². The van der Waals surface area contributed by atoms with Crippen molar-refractivity contribution in [1.82, 2.24) is 10.6 Å². The average molecular weight is 373 g/mol. The first kappa shape index (κ1) is 19.7. The fraction of sp³-hybridized carbons (Fsp3) is 0.500. The van der Waals surface area contributed by atoms with Crippen LogP contribution in [0.25, 0.3) is 0 Å². The van der Waals surface area contributed by atoms with Crippen LogP contribution < -0.4 is 30.6 Å². The molecule has 1 atom stereocenters. The third kappa shape index (κ3) is 5.19. The predicted molar refractivity (Wildman–Crippen MR) is 86.9 cm³/mol. The van der Waals surface area contributed by atoms with Crippen LogP contribution in [0.1, 0.15) is 19.4 Å². The molecule has 4 N–H and O–H groups in total. The molecule has 1 aromatic carbocycles. The predicted octanol–water partition coefficient (Wildman–Crippen LogP) is 0.732. The van der Waals surface area contributed by atoms with Gasteiger partial charge in [0.2, 0.25) is 18.6 Å². The monoisotopic (exact) mass is 373 g/mol. The summed E-state index contributed by atoms with van der Waals surface area (Å²) in [5, 5.41) is 4.93. The number of rotatable bonds is 8. The van der Waals surface area contributed by atoms with Crippen LogP contribution in [0.4, 0.5) is 8.78 Å². The minimum atomic E-state index is -3.03. The molecule has 1 heterocycles. The molecule has 144 valence electrons. The topological polar surface area (TPSA) is 112 Å². The van der Waals surface area contributed by atoms with E-state index < -0.39 is 24.5 Å². The van der Waals surface area contributed by atoms with Crippen LogP contribution >= 0.6 is 0 Å². The Morgan fingerprint density at radius 3 is 2.50 bits per heavy atom. The Hall–Kier alpha value is -2.62. The van der Waals surface area contributed by atoms with Gasteiger partial charge in [0.05, 0.1) is 12.6 Å². The second-order valence-electron chi connectivity index (χ2n) is 5.96. The van der Waals surface area contributed by atoms with Gasteiger partial charge in [0.1, 0.15) is 5.75 Å². The summed E-state index contributed by atoms with van der Waals surface area (Å²) in [5.74, 6) is -0.496. The summed E-state index contributed by atoms with van der Waals surface area (Å²) in [7, 11) is 0. The number of benzene rings is 1. The first-order chi connectivity index (χ1) is 12.3. The number of hydrogen-bond acceptors (Lipinski definition) is 6. The first-order valence-corrected chi connectivity index (χ1v) is 7.95. The normalized spacial score (nSPS) is 13.7. The van der Waals surface area contributed by atoms with E-state index in [1.807, 2.05) is 0 Å². The van der Waals surface area contributed by atoms with Crippen LogP contribution in [-0.4, -0.2) is 37.8 Å². The summed E-state index contributed by atoms with van der Waals surface area (Å²) in [6, 6.07) is 2.01. The molecule has 0 saturated heterocycles. The molecule has 26 heavy (non-hydrogen) atoms. The largest absolute Gasteiger partial charge is 0.454 e. The first-order valence-electron chi connectivity index (χ1n) is 7.95. The van der Waals surface area contributed by atoms with Gasteiger partial charge < -0.3 is 30.6 Å². The van der Waals surface area contributed by atoms with E-state index in [1.54, 1.807) is 13.8 Å². The Morgan fingerprint density at radius 1 is 1.23 bits per heavy atom. The zero-order valence-electron chi connectivity index (χ0n) is 14.4. The lowest BCUT2D eigenvalue weighted by molar-refractivity contribution is -0.127. The van der Waals surface area contributed by atoms with Crippen molar-refractivity contribution in [3.8, 4) is 17.2 Å². The van der Waals surface area contributed by atoms with Crippen molar-refractivity contribution in [1.29, 1.82) is 0 Å². The number of halogens is 2. The molecule has 0 aromatic heterocycles. The maximum absolute atomic E-state index is 12.6. The number of carbonyl (C=O) groups excluding carboxylic acids is 2. The number of nitrogens with two attached hydrogens (primary N) is 1. The second-order valence-corrected chi connectivity index (χ2v) is 5.96. The Balaban J connectivity index is 1.94. The Kier molecular flexibility index (Phi) is 6.56. The zero-order valence-corrected chi connectivity index (χ0v) is 14.4. The van der Waals surface area contributed by atoms with Crippen molar-refractivity contribution in [3.05, 3.63) is 17.7 Å². The molecular formula is C16H21F2N3O5. The third-order valence-electron chi connectivity index (χ3n) is 3.69. The summed E-state index contributed by atoms with van der Waals surface area (Å²) in [5.41, 5.74) is 5.96. The maximum Gasteiger partial charge on any atom is 0.387 e. The van der Waals surface area contributed by atoms with E-state index in [0.29, 0.717) is 5.75 Å². The summed E-state index contributed by atoms with van der Waals surface area (Å²) in [6.45, 7) is 0.143. The highest BCUT2D eigenvalue weighted by molar-refractivity contribution is 5.87. The van der Waals surface area contributed by atoms with Gasteiger partial charge in [-0.15, -0.1) is 0 Å². The van der Waals surface area contributed by atoms with Crippen LogP contribution in [-0.2, 0) is 16.1 Å². The summed E-state index contributed by atoms with van der Waals surface area (Å²) in [6.07, 6.45) is 0. The molecule has 2 rings (SSSR count). The standard InChI is InChI=1S/C16H21F2N3O5/c1-8(2)14(19)15(23)21-6-13(22)20-5-9-3-11-12(25-7-24-11)4-10(9)26-16(17)18/h3-4,8,14,16H,5-7,19H2,1-2H3,(H,20,22)(H,21,23)/t14-/m0/s1. The van der Waals surface area contributed by atoms with Gasteiger partial charge in [-0.3, -0.25) is 9.59 Å². The molecule has 0 fully saturated rings. The SMILES string of the molecule is CC(C)[C@H](N)C(=O)NCC(=O)NCc1cc2c(cc1OC(F)F)OCO2. The van der Waals surface area contributed by atoms with Crippen molar-refractivity contribution in [2.45, 2.75) is 33.0 Å². The quantitative estimate of drug-likeness (QED) is 0.619. The molecule has 1 aromatic rings. The minimum absolute atomic E-state index is 0.0264. The van der Waals surface area contributed by atoms with Crippen LogP contribution in [0.15, 0.2) is 12.1 Å². The van der Waals surface area contributed by atoms with E-state index in [9.17, 15) is 18.4 Å². The van der Waals surface area contributed by atoms with Crippen LogP contribution in [0, 0.1) is 5.92 Å². The number of amides is 2. The molecule has 0 unspecified atom stereocenters. The molecular weight excluding hydrogens is 352 g/mol. The summed E-state index contributed by atoms with van der Waals surface area (Å²) in [4.78, 5) is 23.6. The van der Waals surface area contributed by atoms with E-state index in [-0.39, 0.29) is 42.9 Å². The Bertz CT molecular complexity index is 670. The molecule has 0 aliphatic carbocycles. The molecule has 0 radical (unpaired) electrons. The van der Waals surface area contributed by atoms with E-state index >= 15 is 0 Å². The summed E-state index contributed by atoms with van der Waals surface area (Å²) < 4.78 is 39.9. The molecule has 0 spiro atoms. The fourth-order valence-corrected chi connectivity index (χ4v) is 2.15. The van der Waals surface area contributed by atoms with Gasteiger partial charge in [0, 0.05) is 18.2 Å². The highest BCUT2D eigenvalue weighted by atomic mass is 19.3. The van der Waals surface area contributed by atoms with Crippen molar-refractivity contribution >= 4 is 11.8 Å². The molecule has 2 amide bonds. The lowest BCUT2D eigenvalue weighted by Crippen LogP contribution is -2.47. The molecule has 1 aliphatic rings. The smallest absolute Gasteiger partial charge is 0.387 e. The van der Waals surface area contributed by atoms with Gasteiger partial charge in [-0.2, -0.15) is 8.78 Å². The molecule has 0 saturated carbocycles. The van der Waals surface area contributed by atoms with E-state index in [2.05, 4.69) is 15.4 Å². The van der Waals surface area contributed by atoms with E-state index in [4.69, 9.17) is 15.2 Å². The number of nitrogens with one attached hydrogen (secondary N) is 2. The van der Waals surface area contributed by atoms with Crippen LogP contribution in [0.3, 0.4) is 0 Å². The van der Waals surface area contributed by atoms with Crippen molar-refractivity contribution < 1.29 is 32.6 Å². The Morgan fingerprint density at radius 2 is 1.88 bits per heavy atom. The van der Waals surface area contributed by atoms with Gasteiger partial charge in [-0.25, -0.2) is 0 Å². The highest BCUT2D eigenvalue weighted by Gasteiger charge is 2.21. The van der Waals surface area contributed by atoms with E-state index in [0.717, 1.165) is 0 Å². The van der Waals surface area contributed by atoms with Crippen molar-refractivity contribution in [2.75, 3.05) is 13.3 Å². The number of carbonyl (C=O) groups is 2. The summed E-state index contributed by atoms with van der Waals surface area (Å²) >= 11 is 0. The number of hydrogen-bond donors (Lipinski definition) is 3. The van der Waals surface area contributed by atoms with Crippen LogP contribution in [0.2, 0.25) is 0 Å². The van der Waals surface area contributed by atoms with Crippen molar-refractivity contribution in [3.63, 3.8) is 0 Å². The van der Waals surface area contributed by atoms with E-state index in [1.165, 1.54) is 12.1 Å². The number of fused-ring (bicyclic) bond motifs is 1. The fourth-order valence-electron chi connectivity index (χ4n) is 2.15. The number of ether oxygens (including phenoxy) is 3. The zero-order chi connectivity index (χ0) is 19.3. The van der Waals surface area contributed by atoms with Gasteiger partial charge >= 0.3 is 6.61 Å². The molecule has 8 nitrogen and oxygen atoms in total. The second kappa shape index (κ2) is 8.65. The molecule has 0 bridgehead atoms. The lowest BCUT2D eigenvalue weighted by Gasteiger charge is -2.15. The average Bonchev–Trinajstić information content (AvgIpc) is 3.03. The Labute approximate surface area is 149 Å². The number of alkyl halides is 2. The highest BCUT2D eigenvalue weighted by Crippen LogP contribution is 2.38. The maximum atomic E-state index is 12.6. The third-order valence-corrected chi connectivity index (χ3v) is 3.69. The van der Waals surface area contributed by atoms with Crippen LogP contribution in [0.5, 0.6) is 17.2 Å². The molecule has 1 aliphatic heterocycles. The van der Waals surface area contributed by atoms with Gasteiger partial charge in [0.25, 0.3) is 0 Å². The molecule has 10 heteroatoms. The van der Waals surface area contributed by atoms with Gasteiger partial charge in [-0.05, 0) is 12.0 Å². The van der Waals surface area contributed by atoms with Crippen molar-refractivity contribution in [2.24, 2.45) is 11.7 Å². The van der Waals surface area contributed by atoms with Gasteiger partial charge in [-0.1, -0.05) is 13.8 Å². The minimum Gasteiger partial charge on any atom is -0.454 e. The lowest BCUT2D eigenvalue weighted by atomic mass is 10.1.